The van der Waals surface area contributed by atoms with Crippen LogP contribution < -0.4 is 10.9 Å². The number of hydrogen-bond donors (Lipinski definition) is 2. The molecule has 3 aromatic heterocycles. The minimum Gasteiger partial charge on any atom is -0.295 e. The molecule has 0 saturated carbocycles. The van der Waals surface area contributed by atoms with Gasteiger partial charge in [0.15, 0.2) is 5.78 Å². The lowest BCUT2D eigenvalue weighted by Crippen LogP contribution is -2.21. The number of nitrogens with one attached hydrogen (secondary N) is 2. The first-order valence-electron chi connectivity index (χ1n) is 9.06. The molecule has 2 N–H and O–H groups in total. The molecule has 0 aliphatic carbocycles. The maximum absolute atomic E-state index is 12.4. The van der Waals surface area contributed by atoms with Crippen molar-refractivity contribution in [1.82, 2.24) is 29.4 Å². The molecule has 1 amide bonds. The van der Waals surface area contributed by atoms with Crippen LogP contribution in [0.1, 0.15) is 53.3 Å². The predicted molar refractivity (Wildman–Crippen MR) is 103 cm³/mol. The molecule has 0 atom stereocenters. The van der Waals surface area contributed by atoms with Gasteiger partial charge in [-0.2, -0.15) is 14.6 Å². The van der Waals surface area contributed by atoms with E-state index in [9.17, 15) is 14.4 Å². The molecule has 0 aliphatic heterocycles. The Bertz CT molecular complexity index is 1140. The standard InChI is InChI=1S/C18H23N7O3/c1-6-13-9(2)19-18-21-17(23-25(18)16(13)28)20-14(27)7-8-24-11(4)15(12(5)26)10(3)22-24/h6-8H2,1-5H3,(H2,19,20,21,23,27). The Morgan fingerprint density at radius 2 is 1.86 bits per heavy atom. The van der Waals surface area contributed by atoms with Gasteiger partial charge in [0.25, 0.3) is 11.3 Å². The number of carbonyl (C=O) groups excluding carboxylic acids is 2. The summed E-state index contributed by atoms with van der Waals surface area (Å²) in [7, 11) is 0. The fourth-order valence-electron chi connectivity index (χ4n) is 3.34. The summed E-state index contributed by atoms with van der Waals surface area (Å²) in [5.74, 6) is 0.0174. The molecule has 0 aromatic carbocycles. The van der Waals surface area contributed by atoms with Crippen molar-refractivity contribution in [3.05, 3.63) is 38.6 Å². The molecule has 10 nitrogen and oxygen atoms in total. The van der Waals surface area contributed by atoms with E-state index in [-0.39, 0.29) is 35.4 Å². The quantitative estimate of drug-likeness (QED) is 0.616. The highest BCUT2D eigenvalue weighted by Crippen LogP contribution is 2.14. The number of Topliss-reactive ketones (excluding diaryl/α,β-unsaturated/α-hetero) is 1. The van der Waals surface area contributed by atoms with E-state index in [2.05, 4.69) is 25.5 Å². The lowest BCUT2D eigenvalue weighted by Gasteiger charge is -2.05. The number of rotatable bonds is 6. The number of hydrogen-bond acceptors (Lipinski definition) is 6. The monoisotopic (exact) mass is 385 g/mol. The van der Waals surface area contributed by atoms with Gasteiger partial charge in [0.05, 0.1) is 17.0 Å². The van der Waals surface area contributed by atoms with Crippen LogP contribution in [0.4, 0.5) is 5.95 Å². The number of fused-ring (bicyclic) bond motifs is 1. The van der Waals surface area contributed by atoms with E-state index < -0.39 is 0 Å². The second kappa shape index (κ2) is 7.37. The average molecular weight is 385 g/mol. The molecule has 0 aliphatic rings. The van der Waals surface area contributed by atoms with Crippen molar-refractivity contribution in [2.24, 2.45) is 0 Å². The summed E-state index contributed by atoms with van der Waals surface area (Å²) in [6.45, 7) is 9.04. The second-order valence-corrected chi connectivity index (χ2v) is 6.67. The zero-order valence-electron chi connectivity index (χ0n) is 16.6. The number of nitrogens with zero attached hydrogens (tertiary/aromatic N) is 5. The number of amides is 1. The van der Waals surface area contributed by atoms with Gasteiger partial charge in [0, 0.05) is 24.2 Å². The maximum atomic E-state index is 12.4. The molecular formula is C18H23N7O3. The van der Waals surface area contributed by atoms with Gasteiger partial charge in [-0.1, -0.05) is 6.92 Å². The van der Waals surface area contributed by atoms with Crippen LogP contribution in [0.25, 0.3) is 5.78 Å². The Morgan fingerprint density at radius 3 is 2.46 bits per heavy atom. The van der Waals surface area contributed by atoms with Crippen molar-refractivity contribution in [2.75, 3.05) is 5.32 Å². The average Bonchev–Trinajstić information content (AvgIpc) is 3.13. The van der Waals surface area contributed by atoms with Crippen molar-refractivity contribution in [2.45, 2.75) is 54.0 Å². The summed E-state index contributed by atoms with van der Waals surface area (Å²) < 4.78 is 2.87. The van der Waals surface area contributed by atoms with E-state index in [1.807, 2.05) is 6.92 Å². The van der Waals surface area contributed by atoms with Crippen molar-refractivity contribution < 1.29 is 9.59 Å². The smallest absolute Gasteiger partial charge is 0.277 e. The van der Waals surface area contributed by atoms with Crippen LogP contribution in [0.3, 0.4) is 0 Å². The summed E-state index contributed by atoms with van der Waals surface area (Å²) in [5.41, 5.74) is 2.98. The molecule has 3 rings (SSSR count). The van der Waals surface area contributed by atoms with Crippen molar-refractivity contribution in [3.63, 3.8) is 0 Å². The molecule has 0 spiro atoms. The molecule has 0 saturated heterocycles. The molecule has 0 radical (unpaired) electrons. The van der Waals surface area contributed by atoms with E-state index in [1.54, 1.807) is 25.5 Å². The third-order valence-electron chi connectivity index (χ3n) is 4.69. The molecule has 148 valence electrons. The first-order valence-corrected chi connectivity index (χ1v) is 9.06. The highest BCUT2D eigenvalue weighted by molar-refractivity contribution is 5.96. The Kier molecular flexibility index (Phi) is 5.12. The van der Waals surface area contributed by atoms with E-state index >= 15 is 0 Å². The number of aromatic nitrogens is 6. The van der Waals surface area contributed by atoms with Crippen molar-refractivity contribution in [1.29, 1.82) is 0 Å². The minimum atomic E-state index is -0.295. The highest BCUT2D eigenvalue weighted by atomic mass is 16.2. The van der Waals surface area contributed by atoms with E-state index in [1.165, 1.54) is 11.4 Å². The number of aromatic amines is 1. The first kappa shape index (κ1) is 19.5. The van der Waals surface area contributed by atoms with Gasteiger partial charge in [0.1, 0.15) is 0 Å². The molecule has 0 unspecified atom stereocenters. The Morgan fingerprint density at radius 1 is 1.14 bits per heavy atom. The summed E-state index contributed by atoms with van der Waals surface area (Å²) in [6.07, 6.45) is 0.699. The molecule has 0 fully saturated rings. The molecular weight excluding hydrogens is 362 g/mol. The van der Waals surface area contributed by atoms with Crippen LogP contribution in [-0.4, -0.2) is 41.1 Å². The number of H-pyrrole nitrogens is 1. The molecule has 3 heterocycles. The van der Waals surface area contributed by atoms with Gasteiger partial charge < -0.3 is 0 Å². The number of ketones is 1. The maximum Gasteiger partial charge on any atom is 0.277 e. The Balaban J connectivity index is 1.74. The fraction of sp³-hybridized carbons (Fsp3) is 0.444. The third-order valence-corrected chi connectivity index (χ3v) is 4.69. The topological polar surface area (TPSA) is 127 Å². The van der Waals surface area contributed by atoms with E-state index in [4.69, 9.17) is 0 Å². The fourth-order valence-corrected chi connectivity index (χ4v) is 3.34. The molecule has 28 heavy (non-hydrogen) atoms. The van der Waals surface area contributed by atoms with Crippen LogP contribution in [0, 0.1) is 20.8 Å². The zero-order valence-corrected chi connectivity index (χ0v) is 16.6. The van der Waals surface area contributed by atoms with E-state index in [0.717, 1.165) is 5.69 Å². The van der Waals surface area contributed by atoms with Crippen molar-refractivity contribution >= 4 is 23.4 Å². The van der Waals surface area contributed by atoms with Gasteiger partial charge >= 0.3 is 0 Å². The van der Waals surface area contributed by atoms with Gasteiger partial charge in [-0.3, -0.25) is 29.5 Å². The number of aryl methyl sites for hydroxylation is 3. The lowest BCUT2D eigenvalue weighted by atomic mass is 10.1. The summed E-state index contributed by atoms with van der Waals surface area (Å²) in [5, 5.41) is 9.72. The van der Waals surface area contributed by atoms with Gasteiger partial charge in [-0.25, -0.2) is 4.98 Å². The predicted octanol–water partition coefficient (Wildman–Crippen LogP) is 1.33. The largest absolute Gasteiger partial charge is 0.295 e. The summed E-state index contributed by atoms with van der Waals surface area (Å²) in [4.78, 5) is 44.8. The van der Waals surface area contributed by atoms with Gasteiger partial charge in [-0.05, 0) is 34.1 Å². The van der Waals surface area contributed by atoms with Crippen molar-refractivity contribution in [3.8, 4) is 0 Å². The summed E-state index contributed by atoms with van der Waals surface area (Å²) in [6, 6.07) is 0. The van der Waals surface area contributed by atoms with Gasteiger partial charge in [0.2, 0.25) is 11.9 Å². The van der Waals surface area contributed by atoms with Crippen LogP contribution >= 0.6 is 0 Å². The molecule has 0 bridgehead atoms. The van der Waals surface area contributed by atoms with Crippen LogP contribution in [-0.2, 0) is 17.8 Å². The normalized spacial score (nSPS) is 11.2. The lowest BCUT2D eigenvalue weighted by molar-refractivity contribution is -0.116. The number of carbonyl (C=O) groups is 2. The van der Waals surface area contributed by atoms with Crippen LogP contribution in [0.2, 0.25) is 0 Å². The number of anilines is 1. The summed E-state index contributed by atoms with van der Waals surface area (Å²) >= 11 is 0. The zero-order chi connectivity index (χ0) is 20.6. The van der Waals surface area contributed by atoms with Crippen LogP contribution in [0.5, 0.6) is 0 Å². The highest BCUT2D eigenvalue weighted by Gasteiger charge is 2.17. The minimum absolute atomic E-state index is 0.0485. The van der Waals surface area contributed by atoms with E-state index in [0.29, 0.717) is 35.5 Å². The first-order chi connectivity index (χ1) is 13.2. The van der Waals surface area contributed by atoms with Gasteiger partial charge in [-0.15, -0.1) is 0 Å². The molecule has 10 heteroatoms. The Hall–Kier alpha value is -3.30. The second-order valence-electron chi connectivity index (χ2n) is 6.67. The van der Waals surface area contributed by atoms with Crippen LogP contribution in [0.15, 0.2) is 4.79 Å². The third kappa shape index (κ3) is 3.45. The molecule has 3 aromatic rings. The SMILES string of the molecule is CCc1c(C)nc2nc(NC(=O)CCn3nc(C)c(C(C)=O)c3C)[nH]n2c1=O. The Labute approximate surface area is 161 Å².